The third-order valence-electron chi connectivity index (χ3n) is 1.94. The molecule has 0 saturated carbocycles. The van der Waals surface area contributed by atoms with E-state index in [4.69, 9.17) is 10.2 Å². The normalized spacial score (nSPS) is 9.93. The van der Waals surface area contributed by atoms with Gasteiger partial charge in [-0.25, -0.2) is 0 Å². The standard InChI is InChI=1S/C10H16N2O2/c1-8-6-9(11-4-5-13)2-3-10(8)12-7-14/h2-3,6,11-14H,4-5,7H2,1H3. The number of rotatable bonds is 5. The molecule has 0 fully saturated rings. The van der Waals surface area contributed by atoms with Gasteiger partial charge in [0.15, 0.2) is 0 Å². The SMILES string of the molecule is Cc1cc(NCCO)ccc1NCO. The van der Waals surface area contributed by atoms with E-state index in [0.29, 0.717) is 6.54 Å². The van der Waals surface area contributed by atoms with Gasteiger partial charge >= 0.3 is 0 Å². The van der Waals surface area contributed by atoms with Crippen molar-refractivity contribution in [2.75, 3.05) is 30.5 Å². The highest BCUT2D eigenvalue weighted by Gasteiger charge is 1.98. The van der Waals surface area contributed by atoms with Crippen LogP contribution >= 0.6 is 0 Å². The Morgan fingerprint density at radius 1 is 1.21 bits per heavy atom. The van der Waals surface area contributed by atoms with Crippen molar-refractivity contribution >= 4 is 11.4 Å². The molecule has 14 heavy (non-hydrogen) atoms. The maximum Gasteiger partial charge on any atom is 0.113 e. The molecule has 0 radical (unpaired) electrons. The number of anilines is 2. The minimum absolute atomic E-state index is 0.0652. The van der Waals surface area contributed by atoms with Crippen LogP contribution in [-0.4, -0.2) is 30.1 Å². The van der Waals surface area contributed by atoms with Crippen LogP contribution < -0.4 is 10.6 Å². The number of hydrogen-bond donors (Lipinski definition) is 4. The zero-order valence-corrected chi connectivity index (χ0v) is 8.25. The average Bonchev–Trinajstić information content (AvgIpc) is 2.19. The smallest absolute Gasteiger partial charge is 0.113 e. The summed E-state index contributed by atoms with van der Waals surface area (Å²) < 4.78 is 0. The van der Waals surface area contributed by atoms with E-state index >= 15 is 0 Å². The monoisotopic (exact) mass is 196 g/mol. The first-order chi connectivity index (χ1) is 6.77. The fourth-order valence-electron chi connectivity index (χ4n) is 1.26. The van der Waals surface area contributed by atoms with Gasteiger partial charge in [-0.2, -0.15) is 0 Å². The molecule has 0 heterocycles. The second-order valence-corrected chi connectivity index (χ2v) is 3.01. The molecule has 0 aliphatic heterocycles. The van der Waals surface area contributed by atoms with Gasteiger partial charge in [-0.3, -0.25) is 0 Å². The summed E-state index contributed by atoms with van der Waals surface area (Å²) in [5, 5.41) is 23.2. The molecular formula is C10H16N2O2. The highest BCUT2D eigenvalue weighted by molar-refractivity contribution is 5.59. The van der Waals surface area contributed by atoms with Crippen LogP contribution in [0.15, 0.2) is 18.2 Å². The lowest BCUT2D eigenvalue weighted by Gasteiger charge is -2.10. The first-order valence-electron chi connectivity index (χ1n) is 4.58. The van der Waals surface area contributed by atoms with Gasteiger partial charge in [0.05, 0.1) is 6.61 Å². The number of aryl methyl sites for hydroxylation is 1. The Morgan fingerprint density at radius 3 is 2.57 bits per heavy atom. The highest BCUT2D eigenvalue weighted by atomic mass is 16.3. The first kappa shape index (κ1) is 10.8. The van der Waals surface area contributed by atoms with Gasteiger partial charge in [0, 0.05) is 17.9 Å². The van der Waals surface area contributed by atoms with Crippen molar-refractivity contribution in [2.45, 2.75) is 6.92 Å². The second kappa shape index (κ2) is 5.47. The topological polar surface area (TPSA) is 64.5 Å². The van der Waals surface area contributed by atoms with Crippen molar-refractivity contribution in [1.82, 2.24) is 0 Å². The van der Waals surface area contributed by atoms with E-state index in [1.807, 2.05) is 25.1 Å². The molecule has 1 aromatic carbocycles. The largest absolute Gasteiger partial charge is 0.395 e. The summed E-state index contributed by atoms with van der Waals surface area (Å²) in [6, 6.07) is 5.76. The molecule has 0 unspecified atom stereocenters. The Morgan fingerprint density at radius 2 is 2.00 bits per heavy atom. The fraction of sp³-hybridized carbons (Fsp3) is 0.400. The van der Waals surface area contributed by atoms with Gasteiger partial charge in [0.1, 0.15) is 6.73 Å². The molecule has 0 atom stereocenters. The van der Waals surface area contributed by atoms with E-state index in [9.17, 15) is 0 Å². The van der Waals surface area contributed by atoms with Gasteiger partial charge < -0.3 is 20.8 Å². The van der Waals surface area contributed by atoms with Gasteiger partial charge in [-0.1, -0.05) is 0 Å². The van der Waals surface area contributed by atoms with E-state index in [1.165, 1.54) is 0 Å². The Hall–Kier alpha value is -1.26. The van der Waals surface area contributed by atoms with E-state index in [-0.39, 0.29) is 13.3 Å². The lowest BCUT2D eigenvalue weighted by atomic mass is 10.2. The highest BCUT2D eigenvalue weighted by Crippen LogP contribution is 2.18. The lowest BCUT2D eigenvalue weighted by Crippen LogP contribution is -2.06. The van der Waals surface area contributed by atoms with Crippen molar-refractivity contribution in [3.8, 4) is 0 Å². The zero-order chi connectivity index (χ0) is 10.4. The number of benzene rings is 1. The molecule has 4 heteroatoms. The maximum absolute atomic E-state index is 8.70. The van der Waals surface area contributed by atoms with E-state index < -0.39 is 0 Å². The van der Waals surface area contributed by atoms with Crippen molar-refractivity contribution in [1.29, 1.82) is 0 Å². The Labute approximate surface area is 83.6 Å². The summed E-state index contributed by atoms with van der Waals surface area (Å²) in [6.45, 7) is 2.56. The fourth-order valence-corrected chi connectivity index (χ4v) is 1.26. The third-order valence-corrected chi connectivity index (χ3v) is 1.94. The quantitative estimate of drug-likeness (QED) is 0.525. The van der Waals surface area contributed by atoms with E-state index in [2.05, 4.69) is 10.6 Å². The van der Waals surface area contributed by atoms with Crippen LogP contribution in [0.2, 0.25) is 0 Å². The van der Waals surface area contributed by atoms with Gasteiger partial charge in [0.25, 0.3) is 0 Å². The number of aliphatic hydroxyl groups excluding tert-OH is 2. The molecule has 4 nitrogen and oxygen atoms in total. The third kappa shape index (κ3) is 2.90. The van der Waals surface area contributed by atoms with Crippen LogP contribution in [0.3, 0.4) is 0 Å². The summed E-state index contributed by atoms with van der Waals surface area (Å²) in [5.41, 5.74) is 2.95. The van der Waals surface area contributed by atoms with E-state index in [1.54, 1.807) is 0 Å². The van der Waals surface area contributed by atoms with Gasteiger partial charge in [-0.15, -0.1) is 0 Å². The minimum atomic E-state index is -0.0652. The van der Waals surface area contributed by atoms with Crippen molar-refractivity contribution in [3.63, 3.8) is 0 Å². The Kier molecular flexibility index (Phi) is 4.22. The van der Waals surface area contributed by atoms with Crippen molar-refractivity contribution in [3.05, 3.63) is 23.8 Å². The van der Waals surface area contributed by atoms with Crippen molar-refractivity contribution in [2.24, 2.45) is 0 Å². The lowest BCUT2D eigenvalue weighted by molar-refractivity contribution is 0.311. The molecule has 1 rings (SSSR count). The molecule has 0 aromatic heterocycles. The van der Waals surface area contributed by atoms with Crippen molar-refractivity contribution < 1.29 is 10.2 Å². The summed E-state index contributed by atoms with van der Waals surface area (Å²) in [7, 11) is 0. The van der Waals surface area contributed by atoms with Crippen LogP contribution in [0, 0.1) is 6.92 Å². The second-order valence-electron chi connectivity index (χ2n) is 3.01. The Balaban J connectivity index is 2.68. The molecule has 0 aliphatic carbocycles. The zero-order valence-electron chi connectivity index (χ0n) is 8.25. The minimum Gasteiger partial charge on any atom is -0.395 e. The number of aliphatic hydroxyl groups is 2. The van der Waals surface area contributed by atoms with Crippen LogP contribution in [-0.2, 0) is 0 Å². The molecule has 0 spiro atoms. The molecule has 4 N–H and O–H groups in total. The molecule has 0 aliphatic rings. The first-order valence-corrected chi connectivity index (χ1v) is 4.58. The van der Waals surface area contributed by atoms with Gasteiger partial charge in [-0.05, 0) is 30.7 Å². The number of hydrogen-bond acceptors (Lipinski definition) is 4. The summed E-state index contributed by atoms with van der Waals surface area (Å²) in [6.07, 6.45) is 0. The molecule has 78 valence electrons. The van der Waals surface area contributed by atoms with Crippen LogP contribution in [0.25, 0.3) is 0 Å². The molecule has 0 bridgehead atoms. The summed E-state index contributed by atoms with van der Waals surface area (Å²) in [5.74, 6) is 0. The molecule has 0 amide bonds. The van der Waals surface area contributed by atoms with Crippen LogP contribution in [0.4, 0.5) is 11.4 Å². The van der Waals surface area contributed by atoms with E-state index in [0.717, 1.165) is 16.9 Å². The van der Waals surface area contributed by atoms with Gasteiger partial charge in [0.2, 0.25) is 0 Å². The number of nitrogens with one attached hydrogen (secondary N) is 2. The molecular weight excluding hydrogens is 180 g/mol. The molecule has 0 saturated heterocycles. The Bertz CT molecular complexity index is 289. The average molecular weight is 196 g/mol. The van der Waals surface area contributed by atoms with Crippen LogP contribution in [0.5, 0.6) is 0 Å². The predicted molar refractivity (Wildman–Crippen MR) is 57.5 cm³/mol. The predicted octanol–water partition coefficient (Wildman–Crippen LogP) is 0.761. The summed E-state index contributed by atoms with van der Waals surface area (Å²) >= 11 is 0. The maximum atomic E-state index is 8.70. The summed E-state index contributed by atoms with van der Waals surface area (Å²) in [4.78, 5) is 0. The van der Waals surface area contributed by atoms with Crippen LogP contribution in [0.1, 0.15) is 5.56 Å². The molecule has 1 aromatic rings.